The van der Waals surface area contributed by atoms with E-state index in [0.29, 0.717) is 33.4 Å². The molecule has 10 heteroatoms. The van der Waals surface area contributed by atoms with E-state index < -0.39 is 20.1 Å². The van der Waals surface area contributed by atoms with Crippen molar-refractivity contribution < 1.29 is 21.4 Å². The summed E-state index contributed by atoms with van der Waals surface area (Å²) < 4.78 is 56.1. The van der Waals surface area contributed by atoms with Gasteiger partial charge in [-0.2, -0.15) is 8.42 Å². The van der Waals surface area contributed by atoms with E-state index in [4.69, 9.17) is 5.14 Å². The van der Waals surface area contributed by atoms with E-state index in [9.17, 15) is 21.4 Å². The Kier molecular flexibility index (Phi) is 3.27. The van der Waals surface area contributed by atoms with E-state index >= 15 is 0 Å². The quantitative estimate of drug-likeness (QED) is 0.423. The average molecular weight is 413 g/mol. The number of fused-ring (bicyclic) bond motifs is 4. The second kappa shape index (κ2) is 5.32. The highest BCUT2D eigenvalue weighted by Crippen LogP contribution is 2.46. The minimum atomic E-state index is -4.40. The lowest BCUT2D eigenvalue weighted by atomic mass is 10.0. The van der Waals surface area contributed by atoms with Crippen LogP contribution in [0.1, 0.15) is 0 Å². The zero-order chi connectivity index (χ0) is 19.8. The lowest BCUT2D eigenvalue weighted by molar-refractivity contribution is 0.483. The molecule has 1 aliphatic carbocycles. The van der Waals surface area contributed by atoms with Crippen LogP contribution in [-0.2, 0) is 20.1 Å². The minimum absolute atomic E-state index is 0.0726. The van der Waals surface area contributed by atoms with Crippen LogP contribution in [-0.4, -0.2) is 31.4 Å². The van der Waals surface area contributed by atoms with Crippen LogP contribution in [0.15, 0.2) is 58.3 Å². The molecule has 4 aromatic rings. The first kappa shape index (κ1) is 17.2. The molecule has 0 radical (unpaired) electrons. The van der Waals surface area contributed by atoms with Crippen molar-refractivity contribution in [1.82, 2.24) is 9.97 Å². The molecule has 0 spiro atoms. The number of hydrogen-bond acceptors (Lipinski definition) is 6. The van der Waals surface area contributed by atoms with Crippen LogP contribution in [0, 0.1) is 0 Å². The van der Waals surface area contributed by atoms with Crippen LogP contribution in [0.25, 0.3) is 44.3 Å². The Morgan fingerprint density at radius 1 is 0.786 bits per heavy atom. The van der Waals surface area contributed by atoms with Gasteiger partial charge in [0, 0.05) is 16.5 Å². The van der Waals surface area contributed by atoms with Crippen LogP contribution < -0.4 is 5.14 Å². The zero-order valence-corrected chi connectivity index (χ0v) is 15.6. The van der Waals surface area contributed by atoms with E-state index in [1.165, 1.54) is 30.3 Å². The fraction of sp³-hybridized carbons (Fsp3) is 0. The number of hydrogen-bond donors (Lipinski definition) is 2. The molecule has 140 valence electrons. The molecule has 8 nitrogen and oxygen atoms in total. The average Bonchev–Trinajstić information content (AvgIpc) is 2.93. The monoisotopic (exact) mass is 413 g/mol. The molecular formula is C18H11N3O5S2. The number of sulfonamides is 1. The van der Waals surface area contributed by atoms with Gasteiger partial charge in [-0.1, -0.05) is 18.2 Å². The molecule has 0 atom stereocenters. The summed E-state index contributed by atoms with van der Waals surface area (Å²) in [5.74, 6) is 0. The van der Waals surface area contributed by atoms with Crippen molar-refractivity contribution in [3.05, 3.63) is 48.5 Å². The van der Waals surface area contributed by atoms with Gasteiger partial charge in [0.1, 0.15) is 0 Å². The van der Waals surface area contributed by atoms with E-state index in [1.807, 2.05) is 6.07 Å². The lowest BCUT2D eigenvalue weighted by Crippen LogP contribution is -2.12. The highest BCUT2D eigenvalue weighted by molar-refractivity contribution is 7.89. The predicted octanol–water partition coefficient (Wildman–Crippen LogP) is 2.32. The normalized spacial score (nSPS) is 13.2. The molecule has 3 aromatic carbocycles. The number of aromatic nitrogens is 2. The molecule has 5 rings (SSSR count). The van der Waals surface area contributed by atoms with Gasteiger partial charge in [-0.3, -0.25) is 4.55 Å². The largest absolute Gasteiger partial charge is 0.294 e. The molecule has 28 heavy (non-hydrogen) atoms. The van der Waals surface area contributed by atoms with Gasteiger partial charge in [-0.25, -0.2) is 23.5 Å². The van der Waals surface area contributed by atoms with Crippen LogP contribution in [0.5, 0.6) is 0 Å². The van der Waals surface area contributed by atoms with Crippen LogP contribution in [0.2, 0.25) is 0 Å². The van der Waals surface area contributed by atoms with Crippen LogP contribution >= 0.6 is 0 Å². The van der Waals surface area contributed by atoms with Crippen molar-refractivity contribution in [2.45, 2.75) is 9.79 Å². The molecule has 0 bridgehead atoms. The number of nitrogens with zero attached hydrogens (tertiary/aromatic N) is 2. The van der Waals surface area contributed by atoms with Crippen LogP contribution in [0.4, 0.5) is 0 Å². The maximum Gasteiger partial charge on any atom is 0.294 e. The van der Waals surface area contributed by atoms with Crippen molar-refractivity contribution in [2.24, 2.45) is 5.14 Å². The van der Waals surface area contributed by atoms with Gasteiger partial charge in [0.05, 0.1) is 32.2 Å². The van der Waals surface area contributed by atoms with Crippen molar-refractivity contribution in [3.63, 3.8) is 0 Å². The second-order valence-electron chi connectivity index (χ2n) is 6.47. The summed E-state index contributed by atoms with van der Waals surface area (Å²) >= 11 is 0. The standard InChI is InChI=1S/C18H11N3O5S2/c19-27(22,23)10-4-5-14-15(8-10)21-17-12-3-1-2-9-6-11(28(24,25)26)7-13(16(9)12)18(17)20-14/h1-8H,(H2,19,22,23)(H,24,25,26). The molecular weight excluding hydrogens is 402 g/mol. The van der Waals surface area contributed by atoms with Crippen molar-refractivity contribution in [3.8, 4) is 22.5 Å². The van der Waals surface area contributed by atoms with E-state index in [0.717, 1.165) is 10.9 Å². The van der Waals surface area contributed by atoms with Crippen molar-refractivity contribution in [1.29, 1.82) is 0 Å². The summed E-state index contributed by atoms with van der Waals surface area (Å²) in [6, 6.07) is 12.3. The van der Waals surface area contributed by atoms with E-state index in [2.05, 4.69) is 9.97 Å². The number of nitrogens with two attached hydrogens (primary N) is 1. The molecule has 1 aliphatic rings. The Bertz CT molecular complexity index is 1560. The van der Waals surface area contributed by atoms with Crippen LogP contribution in [0.3, 0.4) is 0 Å². The third-order valence-electron chi connectivity index (χ3n) is 4.72. The van der Waals surface area contributed by atoms with Gasteiger partial charge in [-0.15, -0.1) is 0 Å². The Morgan fingerprint density at radius 3 is 2.21 bits per heavy atom. The summed E-state index contributed by atoms with van der Waals surface area (Å²) in [5, 5.41) is 6.58. The molecule has 0 unspecified atom stereocenters. The minimum Gasteiger partial charge on any atom is -0.282 e. The van der Waals surface area contributed by atoms with Crippen molar-refractivity contribution in [2.75, 3.05) is 0 Å². The zero-order valence-electron chi connectivity index (χ0n) is 14.0. The number of benzene rings is 3. The summed E-state index contributed by atoms with van der Waals surface area (Å²) in [4.78, 5) is 8.83. The topological polar surface area (TPSA) is 140 Å². The SMILES string of the molecule is NS(=O)(=O)c1ccc2nc3c(nc2c1)-c1cccc2cc(S(=O)(=O)O)cc-3c12. The summed E-state index contributed by atoms with van der Waals surface area (Å²) in [6.07, 6.45) is 0. The molecule has 0 saturated carbocycles. The first-order valence-electron chi connectivity index (χ1n) is 8.02. The number of rotatable bonds is 2. The Hall–Kier alpha value is -2.92. The Labute approximate surface area is 159 Å². The molecule has 1 heterocycles. The van der Waals surface area contributed by atoms with Gasteiger partial charge in [0.15, 0.2) is 0 Å². The molecule has 0 saturated heterocycles. The maximum atomic E-state index is 11.7. The van der Waals surface area contributed by atoms with Gasteiger partial charge >= 0.3 is 0 Å². The number of primary sulfonamides is 1. The molecule has 0 amide bonds. The lowest BCUT2D eigenvalue weighted by Gasteiger charge is -2.06. The second-order valence-corrected chi connectivity index (χ2v) is 9.45. The van der Waals surface area contributed by atoms with Gasteiger partial charge in [-0.05, 0) is 35.7 Å². The smallest absolute Gasteiger partial charge is 0.282 e. The summed E-state index contributed by atoms with van der Waals surface area (Å²) in [5.41, 5.74) is 3.05. The molecule has 0 aliphatic heterocycles. The summed E-state index contributed by atoms with van der Waals surface area (Å²) in [7, 11) is -8.29. The third-order valence-corrected chi connectivity index (χ3v) is 6.47. The van der Waals surface area contributed by atoms with E-state index in [-0.39, 0.29) is 9.79 Å². The first-order valence-corrected chi connectivity index (χ1v) is 11.0. The maximum absolute atomic E-state index is 11.7. The van der Waals surface area contributed by atoms with Crippen molar-refractivity contribution >= 4 is 41.9 Å². The Morgan fingerprint density at radius 2 is 1.50 bits per heavy atom. The molecule has 3 N–H and O–H groups in total. The van der Waals surface area contributed by atoms with Gasteiger partial charge in [0.25, 0.3) is 10.1 Å². The highest BCUT2D eigenvalue weighted by Gasteiger charge is 2.27. The van der Waals surface area contributed by atoms with Gasteiger partial charge < -0.3 is 0 Å². The summed E-state index contributed by atoms with van der Waals surface area (Å²) in [6.45, 7) is 0. The fourth-order valence-electron chi connectivity index (χ4n) is 3.52. The van der Waals surface area contributed by atoms with E-state index in [1.54, 1.807) is 12.1 Å². The fourth-order valence-corrected chi connectivity index (χ4v) is 4.60. The van der Waals surface area contributed by atoms with Gasteiger partial charge in [0.2, 0.25) is 10.0 Å². The third kappa shape index (κ3) is 2.43. The Balaban J connectivity index is 1.88. The first-order chi connectivity index (χ1) is 13.1. The molecule has 1 aromatic heterocycles. The predicted molar refractivity (Wildman–Crippen MR) is 103 cm³/mol. The highest BCUT2D eigenvalue weighted by atomic mass is 32.2. The molecule has 0 fully saturated rings.